The van der Waals surface area contributed by atoms with Gasteiger partial charge >= 0.3 is 6.18 Å². The zero-order valence-electron chi connectivity index (χ0n) is 16.3. The Kier molecular flexibility index (Phi) is 9.04. The summed E-state index contributed by atoms with van der Waals surface area (Å²) >= 11 is 0. The fourth-order valence-corrected chi connectivity index (χ4v) is 3.85. The monoisotopic (exact) mass is 435 g/mol. The molecule has 2 N–H and O–H groups in total. The van der Waals surface area contributed by atoms with Crippen LogP contribution in [0, 0.1) is 5.92 Å². The van der Waals surface area contributed by atoms with Gasteiger partial charge < -0.3 is 15.4 Å². The zero-order valence-corrected chi connectivity index (χ0v) is 17.2. The van der Waals surface area contributed by atoms with Gasteiger partial charge in [-0.2, -0.15) is 13.2 Å². The summed E-state index contributed by atoms with van der Waals surface area (Å²) in [6.45, 7) is 2.97. The molecule has 29 heavy (non-hydrogen) atoms. The van der Waals surface area contributed by atoms with Gasteiger partial charge in [-0.05, 0) is 62.4 Å². The number of nitrogens with one attached hydrogen (secondary N) is 2. The molecule has 2 atom stereocenters. The lowest BCUT2D eigenvalue weighted by Gasteiger charge is -2.33. The fourth-order valence-electron chi connectivity index (χ4n) is 3.85. The quantitative estimate of drug-likeness (QED) is 0.691. The van der Waals surface area contributed by atoms with Crippen LogP contribution in [0.1, 0.15) is 31.2 Å². The molecule has 0 spiro atoms. The molecule has 0 aliphatic carbocycles. The number of alkyl halides is 3. The number of ether oxygens (including phenoxy) is 1. The van der Waals surface area contributed by atoms with Crippen LogP contribution in [0.25, 0.3) is 0 Å². The van der Waals surface area contributed by atoms with E-state index in [-0.39, 0.29) is 30.1 Å². The smallest absolute Gasteiger partial charge is 0.422 e. The number of amides is 1. The van der Waals surface area contributed by atoms with E-state index >= 15 is 0 Å². The highest BCUT2D eigenvalue weighted by molar-refractivity contribution is 5.85. The molecule has 0 radical (unpaired) electrons. The van der Waals surface area contributed by atoms with Crippen LogP contribution in [0.15, 0.2) is 24.3 Å². The standard InChI is InChI=1S/C20H28F3N3O2.ClH/c21-20(22,23)14-28-17-7-5-15(6-8-17)12-26-10-2-3-16(13-26)11-25-19(27)18-4-1-9-24-18;/h5-8,16,18,24H,1-4,9-14H2,(H,25,27);1H. The molecule has 2 aliphatic rings. The zero-order chi connectivity index (χ0) is 20.0. The number of piperidine rings is 1. The molecule has 0 saturated carbocycles. The molecule has 2 aliphatic heterocycles. The molecular weight excluding hydrogens is 407 g/mol. The van der Waals surface area contributed by atoms with Gasteiger partial charge in [-0.15, -0.1) is 12.4 Å². The summed E-state index contributed by atoms with van der Waals surface area (Å²) in [7, 11) is 0. The Morgan fingerprint density at radius 2 is 1.97 bits per heavy atom. The highest BCUT2D eigenvalue weighted by atomic mass is 35.5. The first kappa shape index (κ1) is 23.8. The van der Waals surface area contributed by atoms with E-state index in [4.69, 9.17) is 4.74 Å². The third kappa shape index (κ3) is 8.03. The van der Waals surface area contributed by atoms with Crippen molar-refractivity contribution in [2.24, 2.45) is 5.92 Å². The second kappa shape index (κ2) is 11.0. The highest BCUT2D eigenvalue weighted by Gasteiger charge is 2.28. The van der Waals surface area contributed by atoms with Crippen LogP contribution in [0.4, 0.5) is 13.2 Å². The predicted octanol–water partition coefficient (Wildman–Crippen LogP) is 3.13. The van der Waals surface area contributed by atoms with Crippen molar-refractivity contribution in [3.05, 3.63) is 29.8 Å². The maximum atomic E-state index is 12.2. The van der Waals surface area contributed by atoms with E-state index in [1.165, 1.54) is 0 Å². The van der Waals surface area contributed by atoms with Crippen molar-refractivity contribution in [2.45, 2.75) is 44.4 Å². The van der Waals surface area contributed by atoms with Gasteiger partial charge in [-0.25, -0.2) is 0 Å². The molecule has 2 fully saturated rings. The van der Waals surface area contributed by atoms with Gasteiger partial charge in [-0.1, -0.05) is 12.1 Å². The van der Waals surface area contributed by atoms with E-state index < -0.39 is 12.8 Å². The number of rotatable bonds is 7. The Bertz CT molecular complexity index is 637. The van der Waals surface area contributed by atoms with E-state index in [9.17, 15) is 18.0 Å². The molecule has 0 aromatic heterocycles. The molecule has 0 bridgehead atoms. The minimum atomic E-state index is -4.33. The third-order valence-electron chi connectivity index (χ3n) is 5.28. The molecule has 5 nitrogen and oxygen atoms in total. The van der Waals surface area contributed by atoms with Crippen molar-refractivity contribution in [1.82, 2.24) is 15.5 Å². The van der Waals surface area contributed by atoms with Crippen molar-refractivity contribution in [1.29, 1.82) is 0 Å². The Hall–Kier alpha value is -1.51. The van der Waals surface area contributed by atoms with Crippen LogP contribution < -0.4 is 15.4 Å². The summed E-state index contributed by atoms with van der Waals surface area (Å²) in [6, 6.07) is 6.73. The Labute approximate surface area is 175 Å². The number of hydrogen-bond acceptors (Lipinski definition) is 4. The van der Waals surface area contributed by atoms with Crippen molar-refractivity contribution < 1.29 is 22.7 Å². The van der Waals surface area contributed by atoms with Gasteiger partial charge in [0.05, 0.1) is 6.04 Å². The maximum Gasteiger partial charge on any atom is 0.422 e. The molecule has 1 aromatic carbocycles. The van der Waals surface area contributed by atoms with Gasteiger partial charge in [-0.3, -0.25) is 9.69 Å². The van der Waals surface area contributed by atoms with Gasteiger partial charge in [0.15, 0.2) is 6.61 Å². The molecule has 3 rings (SSSR count). The number of likely N-dealkylation sites (tertiary alicyclic amines) is 1. The SMILES string of the molecule is Cl.O=C(NCC1CCCN(Cc2ccc(OCC(F)(F)F)cc2)C1)C1CCCN1. The predicted molar refractivity (Wildman–Crippen MR) is 107 cm³/mol. The first-order valence-corrected chi connectivity index (χ1v) is 9.91. The minimum Gasteiger partial charge on any atom is -0.484 e. The highest BCUT2D eigenvalue weighted by Crippen LogP contribution is 2.21. The second-order valence-electron chi connectivity index (χ2n) is 7.69. The Morgan fingerprint density at radius 3 is 2.62 bits per heavy atom. The topological polar surface area (TPSA) is 53.6 Å². The van der Waals surface area contributed by atoms with Crippen LogP contribution in [-0.2, 0) is 11.3 Å². The third-order valence-corrected chi connectivity index (χ3v) is 5.28. The molecule has 164 valence electrons. The molecule has 2 saturated heterocycles. The number of hydrogen-bond donors (Lipinski definition) is 2. The number of halogens is 4. The van der Waals surface area contributed by atoms with Gasteiger partial charge in [0.2, 0.25) is 5.91 Å². The Morgan fingerprint density at radius 1 is 1.21 bits per heavy atom. The molecule has 2 unspecified atom stereocenters. The van der Waals surface area contributed by atoms with Crippen molar-refractivity contribution >= 4 is 18.3 Å². The van der Waals surface area contributed by atoms with Crippen LogP contribution in [0.5, 0.6) is 5.75 Å². The maximum absolute atomic E-state index is 12.2. The average Bonchev–Trinajstić information content (AvgIpc) is 3.20. The minimum absolute atomic E-state index is 0. The Balaban J connectivity index is 0.00000300. The summed E-state index contributed by atoms with van der Waals surface area (Å²) < 4.78 is 41.4. The van der Waals surface area contributed by atoms with E-state index in [0.29, 0.717) is 12.5 Å². The normalized spacial score (nSPS) is 22.7. The van der Waals surface area contributed by atoms with Crippen LogP contribution >= 0.6 is 12.4 Å². The first-order valence-electron chi connectivity index (χ1n) is 9.91. The van der Waals surface area contributed by atoms with E-state index in [1.807, 2.05) is 12.1 Å². The summed E-state index contributed by atoms with van der Waals surface area (Å²) in [4.78, 5) is 14.5. The summed E-state index contributed by atoms with van der Waals surface area (Å²) in [6.07, 6.45) is -0.195. The number of nitrogens with zero attached hydrogens (tertiary/aromatic N) is 1. The largest absolute Gasteiger partial charge is 0.484 e. The van der Waals surface area contributed by atoms with Crippen molar-refractivity contribution in [3.63, 3.8) is 0 Å². The molecule has 2 heterocycles. The van der Waals surface area contributed by atoms with Gasteiger partial charge in [0, 0.05) is 19.6 Å². The summed E-state index contributed by atoms with van der Waals surface area (Å²) in [5.41, 5.74) is 1.04. The molecule has 1 amide bonds. The lowest BCUT2D eigenvalue weighted by molar-refractivity contribution is -0.153. The lowest BCUT2D eigenvalue weighted by Crippen LogP contribution is -2.45. The van der Waals surface area contributed by atoms with Crippen LogP contribution in [0.2, 0.25) is 0 Å². The van der Waals surface area contributed by atoms with Gasteiger partial charge in [0.25, 0.3) is 0 Å². The fraction of sp³-hybridized carbons (Fsp3) is 0.650. The van der Waals surface area contributed by atoms with E-state index in [1.54, 1.807) is 12.1 Å². The van der Waals surface area contributed by atoms with Crippen LogP contribution in [-0.4, -0.2) is 55.8 Å². The lowest BCUT2D eigenvalue weighted by atomic mass is 9.97. The van der Waals surface area contributed by atoms with Crippen molar-refractivity contribution in [3.8, 4) is 5.75 Å². The van der Waals surface area contributed by atoms with Crippen LogP contribution in [0.3, 0.4) is 0 Å². The summed E-state index contributed by atoms with van der Waals surface area (Å²) in [5.74, 6) is 0.749. The average molecular weight is 436 g/mol. The molecular formula is C20H29ClF3N3O2. The number of carbonyl (C=O) groups is 1. The first-order chi connectivity index (χ1) is 13.4. The molecule has 9 heteroatoms. The second-order valence-corrected chi connectivity index (χ2v) is 7.69. The number of benzene rings is 1. The van der Waals surface area contributed by atoms with Gasteiger partial charge in [0.1, 0.15) is 5.75 Å². The number of carbonyl (C=O) groups excluding carboxylic acids is 1. The summed E-state index contributed by atoms with van der Waals surface area (Å²) in [5, 5.41) is 6.29. The van der Waals surface area contributed by atoms with E-state index in [2.05, 4.69) is 15.5 Å². The van der Waals surface area contributed by atoms with E-state index in [0.717, 1.165) is 57.4 Å². The van der Waals surface area contributed by atoms with Crippen molar-refractivity contribution in [2.75, 3.05) is 32.8 Å². The molecule has 1 aromatic rings.